The van der Waals surface area contributed by atoms with E-state index in [0.717, 1.165) is 22.1 Å². The largest absolute Gasteiger partial charge is 0.351 e. The molecule has 162 valence electrons. The van der Waals surface area contributed by atoms with Gasteiger partial charge >= 0.3 is 0 Å². The summed E-state index contributed by atoms with van der Waals surface area (Å²) in [6.45, 7) is 2.30. The molecule has 0 atom stereocenters. The molecule has 0 radical (unpaired) electrons. The van der Waals surface area contributed by atoms with Gasteiger partial charge in [0.1, 0.15) is 0 Å². The molecule has 5 nitrogen and oxygen atoms in total. The number of thioether (sulfide) groups is 1. The van der Waals surface area contributed by atoms with Crippen LogP contribution in [0, 0.1) is 6.92 Å². The summed E-state index contributed by atoms with van der Waals surface area (Å²) in [6.07, 6.45) is 0. The van der Waals surface area contributed by atoms with E-state index in [4.69, 9.17) is 11.6 Å². The number of amides is 1. The molecular weight excluding hydrogens is 452 g/mol. The number of aryl methyl sites for hydroxylation is 1. The quantitative estimate of drug-likeness (QED) is 0.422. The lowest BCUT2D eigenvalue weighted by atomic mass is 10.1. The fraction of sp³-hybridized carbons (Fsp3) is 0.174. The maximum absolute atomic E-state index is 12.5. The average molecular weight is 475 g/mol. The molecule has 0 spiro atoms. The monoisotopic (exact) mass is 474 g/mol. The molecule has 8 heteroatoms. The van der Waals surface area contributed by atoms with Crippen LogP contribution in [0.1, 0.15) is 21.5 Å². The van der Waals surface area contributed by atoms with Gasteiger partial charge in [-0.3, -0.25) is 9.52 Å². The molecule has 0 aliphatic rings. The van der Waals surface area contributed by atoms with Crippen LogP contribution < -0.4 is 10.0 Å². The molecule has 2 N–H and O–H groups in total. The first kappa shape index (κ1) is 23.2. The van der Waals surface area contributed by atoms with Crippen molar-refractivity contribution in [2.75, 3.05) is 17.0 Å². The molecule has 0 aliphatic carbocycles. The molecule has 0 bridgehead atoms. The van der Waals surface area contributed by atoms with Crippen molar-refractivity contribution in [1.82, 2.24) is 5.32 Å². The normalized spacial score (nSPS) is 11.2. The number of carbonyl (C=O) groups is 1. The zero-order valence-corrected chi connectivity index (χ0v) is 19.4. The summed E-state index contributed by atoms with van der Waals surface area (Å²) in [5, 5.41) is 3.61. The van der Waals surface area contributed by atoms with Crippen LogP contribution in [0.15, 0.2) is 77.7 Å². The van der Waals surface area contributed by atoms with Gasteiger partial charge in [0.05, 0.1) is 10.6 Å². The Kier molecular flexibility index (Phi) is 8.01. The van der Waals surface area contributed by atoms with Crippen LogP contribution in [0.25, 0.3) is 0 Å². The number of halogens is 1. The van der Waals surface area contributed by atoms with Gasteiger partial charge in [-0.25, -0.2) is 8.42 Å². The molecule has 0 saturated carbocycles. The van der Waals surface area contributed by atoms with Crippen LogP contribution >= 0.6 is 23.4 Å². The van der Waals surface area contributed by atoms with E-state index in [1.165, 1.54) is 12.1 Å². The molecule has 0 saturated heterocycles. The van der Waals surface area contributed by atoms with E-state index >= 15 is 0 Å². The fourth-order valence-electron chi connectivity index (χ4n) is 2.88. The third-order valence-corrected chi connectivity index (χ3v) is 7.12. The van der Waals surface area contributed by atoms with Crippen molar-refractivity contribution in [2.45, 2.75) is 17.6 Å². The van der Waals surface area contributed by atoms with E-state index in [0.29, 0.717) is 23.4 Å². The summed E-state index contributed by atoms with van der Waals surface area (Å²) >= 11 is 7.69. The Labute approximate surface area is 192 Å². The fourth-order valence-corrected chi connectivity index (χ4v) is 5.05. The summed E-state index contributed by atoms with van der Waals surface area (Å²) in [6, 6.07) is 20.8. The highest BCUT2D eigenvalue weighted by Crippen LogP contribution is 2.21. The number of anilines is 1. The average Bonchev–Trinajstić information content (AvgIpc) is 2.75. The first-order valence-corrected chi connectivity index (χ1v) is 12.7. The Balaban J connectivity index is 1.51. The Bertz CT molecular complexity index is 1150. The van der Waals surface area contributed by atoms with Gasteiger partial charge in [0, 0.05) is 28.6 Å². The Morgan fingerprint density at radius 3 is 2.48 bits per heavy atom. The topological polar surface area (TPSA) is 75.3 Å². The highest BCUT2D eigenvalue weighted by Gasteiger charge is 2.15. The van der Waals surface area contributed by atoms with E-state index in [2.05, 4.69) is 10.0 Å². The minimum atomic E-state index is -3.68. The van der Waals surface area contributed by atoms with Crippen molar-refractivity contribution in [3.05, 3.63) is 94.5 Å². The predicted octanol–water partition coefficient (Wildman–Crippen LogP) is 5.11. The van der Waals surface area contributed by atoms with Gasteiger partial charge in [-0.05, 0) is 60.5 Å². The number of sulfonamides is 1. The second-order valence-electron chi connectivity index (χ2n) is 6.89. The number of carbonyl (C=O) groups excluding carboxylic acids is 1. The number of rotatable bonds is 9. The van der Waals surface area contributed by atoms with Gasteiger partial charge in [0.2, 0.25) is 0 Å². The van der Waals surface area contributed by atoms with E-state index in [9.17, 15) is 13.2 Å². The molecule has 0 aliphatic heterocycles. The molecule has 0 fully saturated rings. The van der Waals surface area contributed by atoms with Crippen LogP contribution in [-0.4, -0.2) is 26.6 Å². The maximum atomic E-state index is 12.5. The molecule has 0 heterocycles. The van der Waals surface area contributed by atoms with Gasteiger partial charge in [0.15, 0.2) is 0 Å². The zero-order chi connectivity index (χ0) is 22.3. The van der Waals surface area contributed by atoms with Crippen molar-refractivity contribution in [3.63, 3.8) is 0 Å². The van der Waals surface area contributed by atoms with Crippen LogP contribution in [-0.2, 0) is 15.8 Å². The lowest BCUT2D eigenvalue weighted by molar-refractivity contribution is 0.0956. The second-order valence-corrected chi connectivity index (χ2v) is 10.1. The van der Waals surface area contributed by atoms with Crippen molar-refractivity contribution in [1.29, 1.82) is 0 Å². The van der Waals surface area contributed by atoms with Gasteiger partial charge in [-0.2, -0.15) is 11.8 Å². The van der Waals surface area contributed by atoms with Gasteiger partial charge in [-0.1, -0.05) is 41.9 Å². The molecule has 31 heavy (non-hydrogen) atoms. The molecule has 3 aromatic rings. The van der Waals surface area contributed by atoms with Crippen LogP contribution in [0.5, 0.6) is 0 Å². The second kappa shape index (κ2) is 10.7. The number of benzene rings is 3. The Hall–Kier alpha value is -2.48. The first-order valence-electron chi connectivity index (χ1n) is 9.64. The van der Waals surface area contributed by atoms with E-state index in [1.54, 1.807) is 55.1 Å². The molecule has 0 aromatic heterocycles. The number of nitrogens with one attached hydrogen (secondary N) is 2. The van der Waals surface area contributed by atoms with E-state index in [1.807, 2.05) is 24.3 Å². The molecule has 1 amide bonds. The highest BCUT2D eigenvalue weighted by atomic mass is 35.5. The van der Waals surface area contributed by atoms with Crippen LogP contribution in [0.3, 0.4) is 0 Å². The predicted molar refractivity (Wildman–Crippen MR) is 128 cm³/mol. The van der Waals surface area contributed by atoms with Crippen molar-refractivity contribution in [2.24, 2.45) is 0 Å². The van der Waals surface area contributed by atoms with Gasteiger partial charge < -0.3 is 5.32 Å². The minimum Gasteiger partial charge on any atom is -0.351 e. The van der Waals surface area contributed by atoms with Crippen LogP contribution in [0.2, 0.25) is 5.02 Å². The van der Waals surface area contributed by atoms with E-state index in [-0.39, 0.29) is 10.8 Å². The van der Waals surface area contributed by atoms with Crippen LogP contribution in [0.4, 0.5) is 5.69 Å². The molecule has 3 rings (SSSR count). The Morgan fingerprint density at radius 2 is 1.77 bits per heavy atom. The SMILES string of the molecule is Cc1cc(C(=O)NCCSCc2cccc(Cl)c2)ccc1NS(=O)(=O)c1ccccc1. The van der Waals surface area contributed by atoms with Gasteiger partial charge in [-0.15, -0.1) is 0 Å². The number of hydrogen-bond acceptors (Lipinski definition) is 4. The maximum Gasteiger partial charge on any atom is 0.261 e. The molecule has 0 unspecified atom stereocenters. The van der Waals surface area contributed by atoms with Crippen molar-refractivity contribution < 1.29 is 13.2 Å². The first-order chi connectivity index (χ1) is 14.8. The standard InChI is InChI=1S/C23H23ClN2O3S2/c1-17-14-19(10-11-22(17)26-31(28,29)21-8-3-2-4-9-21)23(27)25-12-13-30-16-18-6-5-7-20(24)15-18/h2-11,14-15,26H,12-13,16H2,1H3,(H,25,27). The third kappa shape index (κ3) is 6.75. The summed E-state index contributed by atoms with van der Waals surface area (Å²) < 4.78 is 27.6. The summed E-state index contributed by atoms with van der Waals surface area (Å²) in [5.41, 5.74) is 2.74. The summed E-state index contributed by atoms with van der Waals surface area (Å²) in [7, 11) is -3.68. The highest BCUT2D eigenvalue weighted by molar-refractivity contribution is 7.98. The minimum absolute atomic E-state index is 0.187. The van der Waals surface area contributed by atoms with E-state index < -0.39 is 10.0 Å². The van der Waals surface area contributed by atoms with Gasteiger partial charge in [0.25, 0.3) is 15.9 Å². The molecule has 3 aromatic carbocycles. The lowest BCUT2D eigenvalue weighted by Crippen LogP contribution is -2.26. The smallest absolute Gasteiger partial charge is 0.261 e. The lowest BCUT2D eigenvalue weighted by Gasteiger charge is -2.12. The molecular formula is C23H23ClN2O3S2. The van der Waals surface area contributed by atoms with Crippen molar-refractivity contribution in [3.8, 4) is 0 Å². The Morgan fingerprint density at radius 1 is 1.00 bits per heavy atom. The summed E-state index contributed by atoms with van der Waals surface area (Å²) in [4.78, 5) is 12.6. The third-order valence-electron chi connectivity index (χ3n) is 4.48. The number of hydrogen-bond donors (Lipinski definition) is 2. The van der Waals surface area contributed by atoms with Crippen molar-refractivity contribution >= 4 is 45.0 Å². The summed E-state index contributed by atoms with van der Waals surface area (Å²) in [5.74, 6) is 1.40. The zero-order valence-electron chi connectivity index (χ0n) is 17.0.